The molecule has 1 aliphatic carbocycles. The van der Waals surface area contributed by atoms with Gasteiger partial charge in [0.05, 0.1) is 29.0 Å². The zero-order valence-electron chi connectivity index (χ0n) is 8.95. The highest BCUT2D eigenvalue weighted by molar-refractivity contribution is 7.89. The Kier molecular flexibility index (Phi) is 3.90. The molecule has 0 bridgehead atoms. The minimum atomic E-state index is -3.56. The number of hydrogen-bond acceptors (Lipinski definition) is 4. The van der Waals surface area contributed by atoms with E-state index in [-0.39, 0.29) is 16.5 Å². The maximum Gasteiger partial charge on any atom is 0.250 e. The normalized spacial score (nSPS) is 21.9. The van der Waals surface area contributed by atoms with E-state index < -0.39 is 20.0 Å². The highest BCUT2D eigenvalue weighted by Crippen LogP contribution is 2.13. The first-order valence-corrected chi connectivity index (χ1v) is 8.30. The molecule has 0 saturated carbocycles. The fourth-order valence-corrected chi connectivity index (χ4v) is 2.28. The van der Waals surface area contributed by atoms with Crippen LogP contribution in [0.15, 0.2) is 32.1 Å². The van der Waals surface area contributed by atoms with Gasteiger partial charge in [-0.15, -0.1) is 0 Å². The van der Waals surface area contributed by atoms with Crippen molar-refractivity contribution in [3.63, 3.8) is 0 Å². The Bertz CT molecular complexity index is 654. The fraction of sp³-hybridized carbons (Fsp3) is 0.250. The minimum Gasteiger partial charge on any atom is -0.205 e. The predicted molar refractivity (Wildman–Crippen MR) is 67.6 cm³/mol. The first kappa shape index (κ1) is 14.1. The van der Waals surface area contributed by atoms with Gasteiger partial charge in [-0.25, -0.2) is 16.8 Å². The van der Waals surface area contributed by atoms with Crippen LogP contribution in [-0.4, -0.2) is 40.8 Å². The first-order chi connectivity index (χ1) is 7.57. The summed E-state index contributed by atoms with van der Waals surface area (Å²) in [6, 6.07) is 0. The summed E-state index contributed by atoms with van der Waals surface area (Å²) < 4.78 is 50.4. The number of rotatable bonds is 2. The summed E-state index contributed by atoms with van der Waals surface area (Å²) >= 11 is 5.75. The predicted octanol–water partition coefficient (Wildman–Crippen LogP) is 0.480. The molecular weight excluding hydrogens is 288 g/mol. The SMILES string of the molecule is CS(=O)(=O)/N=C1C=C/C(=N\S(C)(=O)=O)C(Cl)=C/1. The third-order valence-electron chi connectivity index (χ3n) is 1.47. The Morgan fingerprint density at radius 1 is 1.00 bits per heavy atom. The molecule has 0 N–H and O–H groups in total. The average molecular weight is 297 g/mol. The molecular formula is C8H9ClN2O4S2. The van der Waals surface area contributed by atoms with E-state index in [0.717, 1.165) is 12.5 Å². The lowest BCUT2D eigenvalue weighted by Gasteiger charge is -2.05. The van der Waals surface area contributed by atoms with E-state index in [1.807, 2.05) is 0 Å². The third kappa shape index (κ3) is 5.24. The molecule has 0 heterocycles. The minimum absolute atomic E-state index is 0.0142. The highest BCUT2D eigenvalue weighted by atomic mass is 35.5. The smallest absolute Gasteiger partial charge is 0.205 e. The van der Waals surface area contributed by atoms with Crippen molar-refractivity contribution < 1.29 is 16.8 Å². The molecule has 0 saturated heterocycles. The maximum atomic E-state index is 10.9. The lowest BCUT2D eigenvalue weighted by Crippen LogP contribution is -2.08. The van der Waals surface area contributed by atoms with Gasteiger partial charge in [-0.2, -0.15) is 8.80 Å². The largest absolute Gasteiger partial charge is 0.250 e. The molecule has 0 aromatic rings. The van der Waals surface area contributed by atoms with Crippen LogP contribution in [0.5, 0.6) is 0 Å². The summed E-state index contributed by atoms with van der Waals surface area (Å²) in [7, 11) is -7.08. The van der Waals surface area contributed by atoms with E-state index in [1.54, 1.807) is 0 Å². The Balaban J connectivity index is 3.17. The van der Waals surface area contributed by atoms with Crippen molar-refractivity contribution in [3.05, 3.63) is 23.3 Å². The van der Waals surface area contributed by atoms with Crippen molar-refractivity contribution in [2.45, 2.75) is 0 Å². The van der Waals surface area contributed by atoms with E-state index in [4.69, 9.17) is 11.6 Å². The van der Waals surface area contributed by atoms with Gasteiger partial charge in [0.25, 0.3) is 20.0 Å². The molecule has 9 heteroatoms. The molecule has 0 spiro atoms. The average Bonchev–Trinajstić information content (AvgIpc) is 2.05. The molecule has 17 heavy (non-hydrogen) atoms. The van der Waals surface area contributed by atoms with Crippen molar-refractivity contribution >= 4 is 43.1 Å². The zero-order valence-corrected chi connectivity index (χ0v) is 11.3. The van der Waals surface area contributed by atoms with Crippen LogP contribution in [0.1, 0.15) is 0 Å². The van der Waals surface area contributed by atoms with Gasteiger partial charge in [0, 0.05) is 0 Å². The van der Waals surface area contributed by atoms with Gasteiger partial charge >= 0.3 is 0 Å². The summed E-state index contributed by atoms with van der Waals surface area (Å²) in [5, 5.41) is 0.0142. The molecule has 6 nitrogen and oxygen atoms in total. The quantitative estimate of drug-likeness (QED) is 0.693. The maximum absolute atomic E-state index is 10.9. The van der Waals surface area contributed by atoms with E-state index in [2.05, 4.69) is 8.80 Å². The van der Waals surface area contributed by atoms with E-state index in [9.17, 15) is 16.8 Å². The van der Waals surface area contributed by atoms with Crippen LogP contribution in [0.2, 0.25) is 0 Å². The first-order valence-electron chi connectivity index (χ1n) is 4.22. The Morgan fingerprint density at radius 3 is 1.94 bits per heavy atom. The molecule has 0 fully saturated rings. The number of allylic oxidation sites excluding steroid dienone is 4. The van der Waals surface area contributed by atoms with Gasteiger partial charge in [0.2, 0.25) is 0 Å². The molecule has 0 amide bonds. The van der Waals surface area contributed by atoms with Crippen LogP contribution in [0.25, 0.3) is 0 Å². The second kappa shape index (κ2) is 4.71. The standard InChI is InChI=1S/C8H9ClN2O4S2/c1-16(12,13)10-6-3-4-8(7(9)5-6)11-17(2,14)15/h3-5H,1-2H3/b10-6-,11-8+. The van der Waals surface area contributed by atoms with Crippen molar-refractivity contribution in [1.82, 2.24) is 0 Å². The molecule has 0 unspecified atom stereocenters. The summed E-state index contributed by atoms with van der Waals surface area (Å²) in [6.45, 7) is 0. The molecule has 1 rings (SSSR count). The lowest BCUT2D eigenvalue weighted by molar-refractivity contribution is 0.602. The van der Waals surface area contributed by atoms with Crippen LogP contribution >= 0.6 is 11.6 Å². The summed E-state index contributed by atoms with van der Waals surface area (Å²) in [6.07, 6.45) is 5.70. The Hall–Kier alpha value is -0.990. The van der Waals surface area contributed by atoms with E-state index >= 15 is 0 Å². The van der Waals surface area contributed by atoms with E-state index in [0.29, 0.717) is 0 Å². The summed E-state index contributed by atoms with van der Waals surface area (Å²) in [5.41, 5.74) is 0.159. The van der Waals surface area contributed by atoms with Crippen LogP contribution in [-0.2, 0) is 20.0 Å². The van der Waals surface area contributed by atoms with Crippen molar-refractivity contribution in [2.24, 2.45) is 8.80 Å². The topological polar surface area (TPSA) is 93.0 Å². The van der Waals surface area contributed by atoms with Crippen molar-refractivity contribution in [2.75, 3.05) is 12.5 Å². The number of halogens is 1. The number of sulfonamides is 2. The summed E-state index contributed by atoms with van der Waals surface area (Å²) in [5.74, 6) is 0. The number of nitrogens with zero attached hydrogens (tertiary/aromatic N) is 2. The van der Waals surface area contributed by atoms with Gasteiger partial charge in [-0.05, 0) is 18.2 Å². The Morgan fingerprint density at radius 2 is 1.53 bits per heavy atom. The van der Waals surface area contributed by atoms with Gasteiger partial charge < -0.3 is 0 Å². The van der Waals surface area contributed by atoms with E-state index in [1.165, 1.54) is 18.2 Å². The molecule has 1 aliphatic rings. The van der Waals surface area contributed by atoms with Gasteiger partial charge in [0.1, 0.15) is 0 Å². The van der Waals surface area contributed by atoms with Gasteiger partial charge in [-0.1, -0.05) is 11.6 Å². The van der Waals surface area contributed by atoms with Crippen LogP contribution < -0.4 is 0 Å². The fourth-order valence-electron chi connectivity index (χ4n) is 0.997. The second-order valence-electron chi connectivity index (χ2n) is 3.28. The molecule has 0 aromatic heterocycles. The van der Waals surface area contributed by atoms with Crippen LogP contribution in [0.3, 0.4) is 0 Å². The van der Waals surface area contributed by atoms with Crippen molar-refractivity contribution in [1.29, 1.82) is 0 Å². The monoisotopic (exact) mass is 296 g/mol. The zero-order chi connectivity index (χ0) is 13.3. The number of hydrogen-bond donors (Lipinski definition) is 0. The van der Waals surface area contributed by atoms with Crippen LogP contribution in [0, 0.1) is 0 Å². The second-order valence-corrected chi connectivity index (χ2v) is 6.99. The van der Waals surface area contributed by atoms with Crippen LogP contribution in [0.4, 0.5) is 0 Å². The Labute approximate surface area is 105 Å². The lowest BCUT2D eigenvalue weighted by atomic mass is 10.1. The highest BCUT2D eigenvalue weighted by Gasteiger charge is 2.12. The summed E-state index contributed by atoms with van der Waals surface area (Å²) in [4.78, 5) is 0. The third-order valence-corrected chi connectivity index (χ3v) is 2.84. The van der Waals surface area contributed by atoms with Gasteiger partial charge in [-0.3, -0.25) is 0 Å². The van der Waals surface area contributed by atoms with Crippen molar-refractivity contribution in [3.8, 4) is 0 Å². The molecule has 0 radical (unpaired) electrons. The molecule has 0 aliphatic heterocycles. The molecule has 0 aromatic carbocycles. The molecule has 94 valence electrons. The van der Waals surface area contributed by atoms with Gasteiger partial charge in [0.15, 0.2) is 0 Å². The molecule has 0 atom stereocenters.